The van der Waals surface area contributed by atoms with Crippen molar-refractivity contribution < 1.29 is 17.2 Å². The van der Waals surface area contributed by atoms with Crippen molar-refractivity contribution in [3.63, 3.8) is 0 Å². The molecular formula is C11H9F2N3O2S. The fourth-order valence-corrected chi connectivity index (χ4v) is 2.58. The molecule has 8 heteroatoms. The fourth-order valence-electron chi connectivity index (χ4n) is 1.41. The van der Waals surface area contributed by atoms with Gasteiger partial charge >= 0.3 is 0 Å². The molecule has 2 aromatic rings. The molecule has 0 radical (unpaired) electrons. The molecule has 0 atom stereocenters. The summed E-state index contributed by atoms with van der Waals surface area (Å²) in [7, 11) is -4.27. The molecule has 3 N–H and O–H groups in total. The molecule has 2 rings (SSSR count). The van der Waals surface area contributed by atoms with Crippen molar-refractivity contribution in [1.82, 2.24) is 4.98 Å². The molecule has 1 aromatic heterocycles. The Kier molecular flexibility index (Phi) is 3.34. The minimum Gasteiger partial charge on any atom is -0.399 e. The second kappa shape index (κ2) is 4.81. The van der Waals surface area contributed by atoms with Gasteiger partial charge in [0.1, 0.15) is 4.90 Å². The molecule has 0 spiro atoms. The van der Waals surface area contributed by atoms with E-state index in [-0.39, 0.29) is 11.4 Å². The van der Waals surface area contributed by atoms with E-state index in [1.807, 2.05) is 0 Å². The molecule has 0 aliphatic carbocycles. The number of pyridine rings is 1. The summed E-state index contributed by atoms with van der Waals surface area (Å²) < 4.78 is 52.6. The fraction of sp³-hybridized carbons (Fsp3) is 0. The third-order valence-corrected chi connectivity index (χ3v) is 3.60. The van der Waals surface area contributed by atoms with Crippen LogP contribution in [-0.2, 0) is 10.0 Å². The second-order valence-corrected chi connectivity index (χ2v) is 5.31. The van der Waals surface area contributed by atoms with E-state index >= 15 is 0 Å². The number of hydrogen-bond donors (Lipinski definition) is 2. The smallest absolute Gasteiger partial charge is 0.265 e. The van der Waals surface area contributed by atoms with Crippen molar-refractivity contribution in [2.75, 3.05) is 10.5 Å². The topological polar surface area (TPSA) is 85.1 Å². The van der Waals surface area contributed by atoms with E-state index < -0.39 is 26.6 Å². The first-order valence-corrected chi connectivity index (χ1v) is 6.56. The molecule has 1 heterocycles. The SMILES string of the molecule is Nc1cc(F)c(F)c(S(=O)(=O)Nc2cccnc2)c1. The van der Waals surface area contributed by atoms with E-state index in [2.05, 4.69) is 9.71 Å². The Morgan fingerprint density at radius 1 is 1.26 bits per heavy atom. The van der Waals surface area contributed by atoms with Gasteiger partial charge in [-0.3, -0.25) is 9.71 Å². The molecule has 5 nitrogen and oxygen atoms in total. The molecule has 100 valence electrons. The quantitative estimate of drug-likeness (QED) is 0.841. The lowest BCUT2D eigenvalue weighted by Gasteiger charge is -2.09. The van der Waals surface area contributed by atoms with E-state index in [9.17, 15) is 17.2 Å². The predicted molar refractivity (Wildman–Crippen MR) is 65.8 cm³/mol. The average Bonchev–Trinajstić information content (AvgIpc) is 2.34. The number of nitrogens with one attached hydrogen (secondary N) is 1. The number of sulfonamides is 1. The Morgan fingerprint density at radius 2 is 2.00 bits per heavy atom. The van der Waals surface area contributed by atoms with Gasteiger partial charge in [0, 0.05) is 11.9 Å². The molecule has 1 aromatic carbocycles. The van der Waals surface area contributed by atoms with Crippen LogP contribution < -0.4 is 10.5 Å². The molecule has 0 bridgehead atoms. The molecule has 0 unspecified atom stereocenters. The summed E-state index contributed by atoms with van der Waals surface area (Å²) in [4.78, 5) is 2.85. The van der Waals surface area contributed by atoms with Crippen molar-refractivity contribution in [1.29, 1.82) is 0 Å². The largest absolute Gasteiger partial charge is 0.399 e. The van der Waals surface area contributed by atoms with Crippen LogP contribution in [0.5, 0.6) is 0 Å². The maximum Gasteiger partial charge on any atom is 0.265 e. The Hall–Kier alpha value is -2.22. The standard InChI is InChI=1S/C11H9F2N3O2S/c12-9-4-7(14)5-10(11(9)13)19(17,18)16-8-2-1-3-15-6-8/h1-6,16H,14H2. The van der Waals surface area contributed by atoms with Crippen molar-refractivity contribution >= 4 is 21.4 Å². The molecular weight excluding hydrogens is 276 g/mol. The van der Waals surface area contributed by atoms with Gasteiger partial charge in [0.2, 0.25) is 0 Å². The first-order chi connectivity index (χ1) is 8.90. The van der Waals surface area contributed by atoms with Crippen molar-refractivity contribution in [3.05, 3.63) is 48.3 Å². The molecule has 0 aliphatic rings. The lowest BCUT2D eigenvalue weighted by Crippen LogP contribution is -2.16. The van der Waals surface area contributed by atoms with Crippen LogP contribution in [0, 0.1) is 11.6 Å². The summed E-state index contributed by atoms with van der Waals surface area (Å²) in [6.07, 6.45) is 2.68. The Morgan fingerprint density at radius 3 is 2.63 bits per heavy atom. The normalized spacial score (nSPS) is 11.3. The third-order valence-electron chi connectivity index (χ3n) is 2.22. The number of nitrogen functional groups attached to an aromatic ring is 1. The zero-order valence-electron chi connectivity index (χ0n) is 9.47. The first-order valence-electron chi connectivity index (χ1n) is 5.07. The number of nitrogens with zero attached hydrogens (tertiary/aromatic N) is 1. The molecule has 0 aliphatic heterocycles. The van der Waals surface area contributed by atoms with Gasteiger partial charge in [0.15, 0.2) is 11.6 Å². The lowest BCUT2D eigenvalue weighted by molar-refractivity contribution is 0.486. The van der Waals surface area contributed by atoms with Gasteiger partial charge in [0.25, 0.3) is 10.0 Å². The van der Waals surface area contributed by atoms with E-state index in [1.54, 1.807) is 0 Å². The summed E-state index contributed by atoms with van der Waals surface area (Å²) >= 11 is 0. The Bertz CT molecular complexity index is 705. The van der Waals surface area contributed by atoms with E-state index in [0.717, 1.165) is 6.07 Å². The van der Waals surface area contributed by atoms with Gasteiger partial charge in [-0.2, -0.15) is 0 Å². The second-order valence-electron chi connectivity index (χ2n) is 3.66. The average molecular weight is 285 g/mol. The molecule has 19 heavy (non-hydrogen) atoms. The summed E-state index contributed by atoms with van der Waals surface area (Å²) in [6.45, 7) is 0. The number of anilines is 2. The van der Waals surface area contributed by atoms with Crippen molar-refractivity contribution in [2.45, 2.75) is 4.90 Å². The van der Waals surface area contributed by atoms with Crippen LogP contribution >= 0.6 is 0 Å². The summed E-state index contributed by atoms with van der Waals surface area (Å²) in [5.41, 5.74) is 5.25. The van der Waals surface area contributed by atoms with Crippen molar-refractivity contribution in [3.8, 4) is 0 Å². The van der Waals surface area contributed by atoms with Crippen LogP contribution in [-0.4, -0.2) is 13.4 Å². The minimum atomic E-state index is -4.27. The molecule has 0 fully saturated rings. The Labute approximate surface area is 108 Å². The van der Waals surface area contributed by atoms with Gasteiger partial charge < -0.3 is 5.73 Å². The van der Waals surface area contributed by atoms with Gasteiger partial charge in [-0.25, -0.2) is 17.2 Å². The van der Waals surface area contributed by atoms with Gasteiger partial charge in [0.05, 0.1) is 11.9 Å². The van der Waals surface area contributed by atoms with Crippen LogP contribution in [0.4, 0.5) is 20.2 Å². The highest BCUT2D eigenvalue weighted by Crippen LogP contribution is 2.23. The van der Waals surface area contributed by atoms with Crippen LogP contribution in [0.15, 0.2) is 41.6 Å². The highest BCUT2D eigenvalue weighted by Gasteiger charge is 2.22. The maximum absolute atomic E-state index is 13.5. The number of benzene rings is 1. The maximum atomic E-state index is 13.5. The number of rotatable bonds is 3. The van der Waals surface area contributed by atoms with Crippen LogP contribution in [0.25, 0.3) is 0 Å². The number of halogens is 2. The number of aromatic nitrogens is 1. The molecule has 0 amide bonds. The number of nitrogens with two attached hydrogens (primary N) is 1. The van der Waals surface area contributed by atoms with Crippen molar-refractivity contribution in [2.24, 2.45) is 0 Å². The van der Waals surface area contributed by atoms with Gasteiger partial charge in [-0.1, -0.05) is 0 Å². The summed E-state index contributed by atoms with van der Waals surface area (Å²) in [6, 6.07) is 4.47. The van der Waals surface area contributed by atoms with E-state index in [1.165, 1.54) is 24.5 Å². The molecule has 0 saturated carbocycles. The minimum absolute atomic E-state index is 0.129. The third kappa shape index (κ3) is 2.79. The van der Waals surface area contributed by atoms with Crippen LogP contribution in [0.1, 0.15) is 0 Å². The van der Waals surface area contributed by atoms with E-state index in [4.69, 9.17) is 5.73 Å². The predicted octanol–water partition coefficient (Wildman–Crippen LogP) is 1.74. The number of hydrogen-bond acceptors (Lipinski definition) is 4. The highest BCUT2D eigenvalue weighted by molar-refractivity contribution is 7.92. The summed E-state index contributed by atoms with van der Waals surface area (Å²) in [5, 5.41) is 0. The van der Waals surface area contributed by atoms with Crippen LogP contribution in [0.3, 0.4) is 0 Å². The van der Waals surface area contributed by atoms with Gasteiger partial charge in [-0.05, 0) is 24.3 Å². The summed E-state index contributed by atoms with van der Waals surface area (Å²) in [5.74, 6) is -2.81. The highest BCUT2D eigenvalue weighted by atomic mass is 32.2. The monoisotopic (exact) mass is 285 g/mol. The lowest BCUT2D eigenvalue weighted by atomic mass is 10.3. The molecule has 0 saturated heterocycles. The first kappa shape index (κ1) is 13.2. The zero-order valence-corrected chi connectivity index (χ0v) is 10.3. The zero-order chi connectivity index (χ0) is 14.0. The van der Waals surface area contributed by atoms with Gasteiger partial charge in [-0.15, -0.1) is 0 Å². The van der Waals surface area contributed by atoms with E-state index in [0.29, 0.717) is 6.07 Å². The van der Waals surface area contributed by atoms with Crippen LogP contribution in [0.2, 0.25) is 0 Å². The Balaban J connectivity index is 2.46.